The van der Waals surface area contributed by atoms with Gasteiger partial charge in [0.1, 0.15) is 0 Å². The van der Waals surface area contributed by atoms with E-state index in [0.29, 0.717) is 5.56 Å². The van der Waals surface area contributed by atoms with Gasteiger partial charge in [-0.3, -0.25) is 4.79 Å². The van der Waals surface area contributed by atoms with E-state index in [2.05, 4.69) is 26.6 Å². The van der Waals surface area contributed by atoms with Gasteiger partial charge in [0.05, 0.1) is 11.3 Å². The number of carbonyl (C=O) groups excluding carboxylic acids is 1. The number of amides is 1. The molecule has 0 spiro atoms. The van der Waals surface area contributed by atoms with Crippen molar-refractivity contribution in [2.24, 2.45) is 0 Å². The molecule has 0 saturated heterocycles. The summed E-state index contributed by atoms with van der Waals surface area (Å²) in [4.78, 5) is 12.5. The Kier molecular flexibility index (Phi) is 5.02. The van der Waals surface area contributed by atoms with E-state index >= 15 is 0 Å². The lowest BCUT2D eigenvalue weighted by molar-refractivity contribution is 0.102. The molecule has 0 aliphatic heterocycles. The molecule has 0 aliphatic rings. The van der Waals surface area contributed by atoms with Crippen molar-refractivity contribution >= 4 is 33.2 Å². The van der Waals surface area contributed by atoms with Crippen LogP contribution in [0, 0.1) is 6.92 Å². The maximum atomic E-state index is 12.5. The van der Waals surface area contributed by atoms with E-state index in [-0.39, 0.29) is 11.9 Å². The lowest BCUT2D eigenvalue weighted by Gasteiger charge is -2.15. The molecular weight excluding hydrogens is 328 g/mol. The number of hydrogen-bond donors (Lipinski definition) is 2. The van der Waals surface area contributed by atoms with Gasteiger partial charge in [0, 0.05) is 16.2 Å². The van der Waals surface area contributed by atoms with Crippen LogP contribution in [-0.2, 0) is 0 Å². The van der Waals surface area contributed by atoms with Crippen LogP contribution in [0.5, 0.6) is 0 Å². The van der Waals surface area contributed by atoms with Gasteiger partial charge in [-0.25, -0.2) is 0 Å². The molecule has 2 rings (SSSR count). The van der Waals surface area contributed by atoms with Gasteiger partial charge in [-0.1, -0.05) is 18.2 Å². The van der Waals surface area contributed by atoms with Crippen LogP contribution in [0.1, 0.15) is 29.8 Å². The lowest BCUT2D eigenvalue weighted by atomic mass is 10.1. The maximum Gasteiger partial charge on any atom is 0.257 e. The second-order valence-electron chi connectivity index (χ2n) is 5.28. The van der Waals surface area contributed by atoms with Gasteiger partial charge in [-0.2, -0.15) is 0 Å². The van der Waals surface area contributed by atoms with Crippen LogP contribution in [0.15, 0.2) is 46.9 Å². The number of halogens is 1. The molecule has 4 heteroatoms. The van der Waals surface area contributed by atoms with E-state index in [9.17, 15) is 4.79 Å². The van der Waals surface area contributed by atoms with Crippen molar-refractivity contribution in [3.05, 3.63) is 58.1 Å². The summed E-state index contributed by atoms with van der Waals surface area (Å²) in [5.74, 6) is -0.120. The normalized spacial score (nSPS) is 10.5. The van der Waals surface area contributed by atoms with Crippen molar-refractivity contribution < 1.29 is 4.79 Å². The molecule has 0 bridgehead atoms. The molecule has 0 aromatic heterocycles. The summed E-state index contributed by atoms with van der Waals surface area (Å²) in [7, 11) is 0. The molecule has 110 valence electrons. The summed E-state index contributed by atoms with van der Waals surface area (Å²) >= 11 is 3.46. The molecule has 1 amide bonds. The summed E-state index contributed by atoms with van der Waals surface area (Å²) in [5, 5.41) is 6.25. The van der Waals surface area contributed by atoms with Gasteiger partial charge in [-0.15, -0.1) is 0 Å². The van der Waals surface area contributed by atoms with Crippen molar-refractivity contribution in [3.63, 3.8) is 0 Å². The van der Waals surface area contributed by atoms with Crippen molar-refractivity contribution in [2.45, 2.75) is 26.8 Å². The topological polar surface area (TPSA) is 41.1 Å². The van der Waals surface area contributed by atoms with Crippen LogP contribution >= 0.6 is 15.9 Å². The highest BCUT2D eigenvalue weighted by molar-refractivity contribution is 9.10. The molecule has 0 radical (unpaired) electrons. The first-order valence-electron chi connectivity index (χ1n) is 6.90. The smallest absolute Gasteiger partial charge is 0.257 e. The molecule has 2 N–H and O–H groups in total. The van der Waals surface area contributed by atoms with Crippen LogP contribution in [-0.4, -0.2) is 11.9 Å². The molecule has 0 aliphatic carbocycles. The standard InChI is InChI=1S/C17H19BrN2O/c1-11(2)19-15-7-5-4-6-13(15)17(21)20-16-10-12(3)8-9-14(16)18/h4-11,19H,1-3H3,(H,20,21). The first kappa shape index (κ1) is 15.6. The molecular formula is C17H19BrN2O. The second-order valence-corrected chi connectivity index (χ2v) is 6.14. The fourth-order valence-electron chi connectivity index (χ4n) is 2.04. The summed E-state index contributed by atoms with van der Waals surface area (Å²) in [6, 6.07) is 13.7. The number of nitrogens with one attached hydrogen (secondary N) is 2. The Labute approximate surface area is 133 Å². The molecule has 2 aromatic rings. The minimum absolute atomic E-state index is 0.120. The predicted octanol–water partition coefficient (Wildman–Crippen LogP) is 4.83. The Morgan fingerprint density at radius 2 is 1.81 bits per heavy atom. The number of hydrogen-bond acceptors (Lipinski definition) is 2. The van der Waals surface area contributed by atoms with E-state index in [4.69, 9.17) is 0 Å². The highest BCUT2D eigenvalue weighted by atomic mass is 79.9. The number of para-hydroxylation sites is 1. The van der Waals surface area contributed by atoms with Crippen molar-refractivity contribution in [3.8, 4) is 0 Å². The number of carbonyl (C=O) groups is 1. The van der Waals surface area contributed by atoms with E-state index < -0.39 is 0 Å². The van der Waals surface area contributed by atoms with Crippen molar-refractivity contribution in [1.29, 1.82) is 0 Å². The van der Waals surface area contributed by atoms with E-state index in [1.807, 2.05) is 63.2 Å². The van der Waals surface area contributed by atoms with Crippen LogP contribution in [0.4, 0.5) is 11.4 Å². The number of aryl methyl sites for hydroxylation is 1. The van der Waals surface area contributed by atoms with Gasteiger partial charge in [-0.05, 0) is 66.5 Å². The summed E-state index contributed by atoms with van der Waals surface area (Å²) in [6.45, 7) is 6.09. The highest BCUT2D eigenvalue weighted by Gasteiger charge is 2.13. The van der Waals surface area contributed by atoms with E-state index in [1.165, 1.54) is 0 Å². The Morgan fingerprint density at radius 1 is 1.10 bits per heavy atom. The average molecular weight is 347 g/mol. The van der Waals surface area contributed by atoms with Gasteiger partial charge in [0.25, 0.3) is 5.91 Å². The third kappa shape index (κ3) is 4.08. The second kappa shape index (κ2) is 6.76. The Balaban J connectivity index is 2.26. The lowest BCUT2D eigenvalue weighted by Crippen LogP contribution is -2.17. The minimum atomic E-state index is -0.120. The van der Waals surface area contributed by atoms with Gasteiger partial charge in [0.15, 0.2) is 0 Å². The fourth-order valence-corrected chi connectivity index (χ4v) is 2.39. The zero-order valence-electron chi connectivity index (χ0n) is 12.4. The zero-order chi connectivity index (χ0) is 15.4. The summed E-state index contributed by atoms with van der Waals surface area (Å²) in [6.07, 6.45) is 0. The molecule has 0 unspecified atom stereocenters. The maximum absolute atomic E-state index is 12.5. The van der Waals surface area contributed by atoms with E-state index in [1.54, 1.807) is 0 Å². The average Bonchev–Trinajstić information content (AvgIpc) is 2.42. The molecule has 2 aromatic carbocycles. The van der Waals surface area contributed by atoms with Gasteiger partial charge in [0.2, 0.25) is 0 Å². The third-order valence-electron chi connectivity index (χ3n) is 2.99. The summed E-state index contributed by atoms with van der Waals surface area (Å²) in [5.41, 5.74) is 3.36. The molecule has 0 heterocycles. The Hall–Kier alpha value is -1.81. The monoisotopic (exact) mass is 346 g/mol. The first-order chi connectivity index (χ1) is 9.97. The van der Waals surface area contributed by atoms with E-state index in [0.717, 1.165) is 21.4 Å². The number of benzene rings is 2. The summed E-state index contributed by atoms with van der Waals surface area (Å²) < 4.78 is 0.871. The van der Waals surface area contributed by atoms with Crippen LogP contribution in [0.3, 0.4) is 0 Å². The minimum Gasteiger partial charge on any atom is -0.382 e. The zero-order valence-corrected chi connectivity index (χ0v) is 14.0. The molecule has 0 fully saturated rings. The first-order valence-corrected chi connectivity index (χ1v) is 7.69. The third-order valence-corrected chi connectivity index (χ3v) is 3.68. The number of anilines is 2. The largest absolute Gasteiger partial charge is 0.382 e. The van der Waals surface area contributed by atoms with Crippen molar-refractivity contribution in [2.75, 3.05) is 10.6 Å². The quantitative estimate of drug-likeness (QED) is 0.832. The fraction of sp³-hybridized carbons (Fsp3) is 0.235. The molecule has 21 heavy (non-hydrogen) atoms. The van der Waals surface area contributed by atoms with Crippen molar-refractivity contribution in [1.82, 2.24) is 0 Å². The Bertz CT molecular complexity index is 653. The molecule has 0 atom stereocenters. The molecule has 0 saturated carbocycles. The van der Waals surface area contributed by atoms with Gasteiger partial charge < -0.3 is 10.6 Å². The van der Waals surface area contributed by atoms with Gasteiger partial charge >= 0.3 is 0 Å². The van der Waals surface area contributed by atoms with Crippen LogP contribution in [0.25, 0.3) is 0 Å². The van der Waals surface area contributed by atoms with Crippen LogP contribution in [0.2, 0.25) is 0 Å². The van der Waals surface area contributed by atoms with Crippen LogP contribution < -0.4 is 10.6 Å². The molecule has 3 nitrogen and oxygen atoms in total. The highest BCUT2D eigenvalue weighted by Crippen LogP contribution is 2.25. The number of rotatable bonds is 4. The predicted molar refractivity (Wildman–Crippen MR) is 92.0 cm³/mol. The Morgan fingerprint density at radius 3 is 2.52 bits per heavy atom. The SMILES string of the molecule is Cc1ccc(Br)c(NC(=O)c2ccccc2NC(C)C)c1.